The molecule has 0 aliphatic rings. The Morgan fingerprint density at radius 2 is 2.24 bits per heavy atom. The molecule has 2 aromatic rings. The van der Waals surface area contributed by atoms with E-state index >= 15 is 0 Å². The van der Waals surface area contributed by atoms with E-state index in [1.165, 1.54) is 11.3 Å². The van der Waals surface area contributed by atoms with Crippen LogP contribution in [0.3, 0.4) is 0 Å². The number of ether oxygens (including phenoxy) is 1. The lowest BCUT2D eigenvalue weighted by atomic mass is 10.0. The summed E-state index contributed by atoms with van der Waals surface area (Å²) in [7, 11) is 0. The number of nitrogens with zero attached hydrogens (tertiary/aromatic N) is 2. The maximum atomic E-state index is 11.6. The van der Waals surface area contributed by atoms with Gasteiger partial charge in [-0.3, -0.25) is 0 Å². The van der Waals surface area contributed by atoms with Gasteiger partial charge in [0.25, 0.3) is 0 Å². The van der Waals surface area contributed by atoms with Crippen molar-refractivity contribution in [2.75, 3.05) is 6.61 Å². The largest absolute Gasteiger partial charge is 0.413 e. The lowest BCUT2D eigenvalue weighted by molar-refractivity contribution is 0.187. The molecule has 0 saturated heterocycles. The molecule has 0 spiro atoms. The number of nitrogens with one attached hydrogen (secondary N) is 1. The summed E-state index contributed by atoms with van der Waals surface area (Å²) in [6.45, 7) is 5.64. The van der Waals surface area contributed by atoms with E-state index in [1.54, 1.807) is 13.1 Å². The van der Waals surface area contributed by atoms with Gasteiger partial charge in [-0.2, -0.15) is 0 Å². The molecule has 0 bridgehead atoms. The Bertz CT molecular complexity index is 683. The molecule has 0 saturated carbocycles. The Morgan fingerprint density at radius 1 is 1.44 bits per heavy atom. The van der Waals surface area contributed by atoms with Crippen LogP contribution in [0.4, 0.5) is 4.79 Å². The van der Waals surface area contributed by atoms with Gasteiger partial charge in [-0.1, -0.05) is 29.8 Å². The molecule has 7 nitrogen and oxygen atoms in total. The number of carbonyl (C=O) groups excluding carboxylic acids is 1. The minimum absolute atomic E-state index is 0.137. The number of amides is 1. The van der Waals surface area contributed by atoms with E-state index < -0.39 is 6.09 Å². The van der Waals surface area contributed by atoms with Crippen molar-refractivity contribution in [1.82, 2.24) is 15.5 Å². The second-order valence-corrected chi connectivity index (χ2v) is 7.04. The summed E-state index contributed by atoms with van der Waals surface area (Å²) in [4.78, 5) is 15.9. The van der Waals surface area contributed by atoms with Gasteiger partial charge in [0, 0.05) is 12.0 Å². The monoisotopic (exact) mass is 367 g/mol. The van der Waals surface area contributed by atoms with Crippen molar-refractivity contribution in [3.8, 4) is 5.06 Å². The van der Waals surface area contributed by atoms with E-state index in [9.17, 15) is 4.79 Å². The summed E-state index contributed by atoms with van der Waals surface area (Å²) >= 11 is 1.34. The highest BCUT2D eigenvalue weighted by molar-refractivity contribution is 7.13. The van der Waals surface area contributed by atoms with Crippen LogP contribution in [0.15, 0.2) is 10.7 Å². The van der Waals surface area contributed by atoms with Crippen molar-refractivity contribution in [2.45, 2.75) is 58.9 Å². The van der Waals surface area contributed by atoms with Crippen LogP contribution in [0.2, 0.25) is 0 Å². The van der Waals surface area contributed by atoms with Crippen LogP contribution >= 0.6 is 11.3 Å². The van der Waals surface area contributed by atoms with Crippen LogP contribution in [-0.2, 0) is 19.3 Å². The molecule has 0 aliphatic carbocycles. The molecule has 2 N–H and O–H groups in total. The standard InChI is InChI=1S/C17H25N3O4S/c1-4-5-6-14-13(12(3)24-20-14)7-8-15-18-9-16(25-15)23-17(22)19-11(2)10-21/h9,11,21H,4-8,10H2,1-3H3,(H,19,22)/t11-/m0/s1. The second kappa shape index (κ2) is 9.53. The zero-order valence-electron chi connectivity index (χ0n) is 14.9. The van der Waals surface area contributed by atoms with Gasteiger partial charge in [0.15, 0.2) is 0 Å². The van der Waals surface area contributed by atoms with E-state index in [-0.39, 0.29) is 12.6 Å². The van der Waals surface area contributed by atoms with Crippen LogP contribution < -0.4 is 10.1 Å². The molecule has 138 valence electrons. The average Bonchev–Trinajstić information content (AvgIpc) is 3.17. The predicted octanol–water partition coefficient (Wildman–Crippen LogP) is 3.04. The number of aromatic nitrogens is 2. The molecular weight excluding hydrogens is 342 g/mol. The molecule has 1 atom stereocenters. The topological polar surface area (TPSA) is 97.5 Å². The SMILES string of the molecule is CCCCc1noc(C)c1CCc1ncc(OC(=O)N[C@@H](C)CO)s1. The number of aliphatic hydroxyl groups is 1. The Hall–Kier alpha value is -1.93. The van der Waals surface area contributed by atoms with Crippen molar-refractivity contribution in [1.29, 1.82) is 0 Å². The molecule has 25 heavy (non-hydrogen) atoms. The predicted molar refractivity (Wildman–Crippen MR) is 95.1 cm³/mol. The molecule has 0 unspecified atom stereocenters. The molecule has 2 heterocycles. The molecule has 0 aromatic carbocycles. The van der Waals surface area contributed by atoms with Gasteiger partial charge in [0.2, 0.25) is 5.06 Å². The van der Waals surface area contributed by atoms with E-state index in [1.807, 2.05) is 6.92 Å². The number of aryl methyl sites for hydroxylation is 3. The molecule has 2 aromatic heterocycles. The highest BCUT2D eigenvalue weighted by Crippen LogP contribution is 2.24. The number of hydrogen-bond acceptors (Lipinski definition) is 7. The Kier molecular flexibility index (Phi) is 7.39. The minimum atomic E-state index is -0.589. The zero-order valence-corrected chi connectivity index (χ0v) is 15.7. The van der Waals surface area contributed by atoms with Crippen LogP contribution in [0.1, 0.15) is 48.7 Å². The van der Waals surface area contributed by atoms with Crippen molar-refractivity contribution in [3.63, 3.8) is 0 Å². The number of rotatable bonds is 9. The molecule has 1 amide bonds. The van der Waals surface area contributed by atoms with Crippen molar-refractivity contribution in [3.05, 3.63) is 28.2 Å². The third kappa shape index (κ3) is 5.82. The summed E-state index contributed by atoms with van der Waals surface area (Å²) in [5.41, 5.74) is 2.19. The van der Waals surface area contributed by atoms with Gasteiger partial charge >= 0.3 is 6.09 Å². The minimum Gasteiger partial charge on any atom is -0.397 e. The van der Waals surface area contributed by atoms with Crippen LogP contribution in [0, 0.1) is 6.92 Å². The van der Waals surface area contributed by atoms with E-state index in [0.717, 1.165) is 54.1 Å². The quantitative estimate of drug-likeness (QED) is 0.707. The van der Waals surface area contributed by atoms with Crippen LogP contribution in [-0.4, -0.2) is 34.0 Å². The smallest absolute Gasteiger partial charge is 0.397 e. The zero-order chi connectivity index (χ0) is 18.2. The molecular formula is C17H25N3O4S. The van der Waals surface area contributed by atoms with E-state index in [2.05, 4.69) is 22.4 Å². The normalized spacial score (nSPS) is 12.2. The van der Waals surface area contributed by atoms with Gasteiger partial charge in [-0.25, -0.2) is 9.78 Å². The summed E-state index contributed by atoms with van der Waals surface area (Å²) in [5, 5.41) is 16.9. The first kappa shape index (κ1) is 19.4. The van der Waals surface area contributed by atoms with E-state index in [4.69, 9.17) is 14.4 Å². The second-order valence-electron chi connectivity index (χ2n) is 5.96. The van der Waals surface area contributed by atoms with Gasteiger partial charge in [0.1, 0.15) is 5.76 Å². The van der Waals surface area contributed by atoms with Crippen molar-refractivity contribution in [2.24, 2.45) is 0 Å². The highest BCUT2D eigenvalue weighted by Gasteiger charge is 2.15. The lowest BCUT2D eigenvalue weighted by Gasteiger charge is -2.09. The first-order valence-electron chi connectivity index (χ1n) is 8.51. The lowest BCUT2D eigenvalue weighted by Crippen LogP contribution is -2.36. The van der Waals surface area contributed by atoms with Crippen molar-refractivity contribution < 1.29 is 19.2 Å². The third-order valence-electron chi connectivity index (χ3n) is 3.79. The summed E-state index contributed by atoms with van der Waals surface area (Å²) in [5.74, 6) is 0.858. The van der Waals surface area contributed by atoms with Crippen LogP contribution in [0.25, 0.3) is 0 Å². The molecule has 0 radical (unpaired) electrons. The maximum Gasteiger partial charge on any atom is 0.413 e. The Balaban J connectivity index is 1.89. The fraction of sp³-hybridized carbons (Fsp3) is 0.588. The van der Waals surface area contributed by atoms with Gasteiger partial charge < -0.3 is 19.7 Å². The summed E-state index contributed by atoms with van der Waals surface area (Å²) in [6, 6.07) is -0.349. The molecule has 0 fully saturated rings. The maximum absolute atomic E-state index is 11.6. The van der Waals surface area contributed by atoms with Crippen molar-refractivity contribution >= 4 is 17.4 Å². The Morgan fingerprint density at radius 3 is 2.96 bits per heavy atom. The van der Waals surface area contributed by atoms with Crippen LogP contribution in [0.5, 0.6) is 5.06 Å². The average molecular weight is 367 g/mol. The summed E-state index contributed by atoms with van der Waals surface area (Å²) in [6.07, 6.45) is 5.64. The fourth-order valence-electron chi connectivity index (χ4n) is 2.35. The molecule has 0 aliphatic heterocycles. The Labute approximate surface area is 151 Å². The first-order chi connectivity index (χ1) is 12.0. The van der Waals surface area contributed by atoms with Gasteiger partial charge in [-0.15, -0.1) is 0 Å². The highest BCUT2D eigenvalue weighted by atomic mass is 32.1. The first-order valence-corrected chi connectivity index (χ1v) is 9.33. The number of unbranched alkanes of at least 4 members (excludes halogenated alkanes) is 1. The number of aliphatic hydroxyl groups excluding tert-OH is 1. The van der Waals surface area contributed by atoms with Gasteiger partial charge in [-0.05, 0) is 33.1 Å². The van der Waals surface area contributed by atoms with Gasteiger partial charge in [0.05, 0.1) is 29.5 Å². The number of hydrogen-bond donors (Lipinski definition) is 2. The van der Waals surface area contributed by atoms with E-state index in [0.29, 0.717) is 5.06 Å². The third-order valence-corrected chi connectivity index (χ3v) is 4.72. The summed E-state index contributed by atoms with van der Waals surface area (Å²) < 4.78 is 10.5. The fourth-order valence-corrected chi connectivity index (χ4v) is 3.12. The molecule has 2 rings (SSSR count). The number of thiazole rings is 1. The molecule has 8 heteroatoms. The number of carbonyl (C=O) groups is 1.